The third kappa shape index (κ3) is 9.42. The molecule has 0 radical (unpaired) electrons. The number of ether oxygens (including phenoxy) is 6. The van der Waals surface area contributed by atoms with Crippen LogP contribution in [0.3, 0.4) is 0 Å². The number of ketones is 1. The number of aryl methyl sites for hydroxylation is 1. The number of Topliss-reactive ketones (excluding diaryl/α,β-unsaturated/α-hetero) is 1. The number of nitrogen functional groups attached to an aromatic ring is 1. The van der Waals surface area contributed by atoms with Crippen molar-refractivity contribution in [2.24, 2.45) is 29.6 Å². The molecule has 0 amide bonds. The number of aliphatic hydroxyl groups excluding tert-OH is 1. The zero-order valence-electron chi connectivity index (χ0n) is 36.4. The van der Waals surface area contributed by atoms with Gasteiger partial charge in [0.1, 0.15) is 29.0 Å². The number of esters is 3. The fourth-order valence-electron chi connectivity index (χ4n) is 9.54. The van der Waals surface area contributed by atoms with Gasteiger partial charge in [0.2, 0.25) is 0 Å². The Kier molecular flexibility index (Phi) is 14.8. The standard InChI is InChI=1S/C41H64N6O11S/c1-13-27-41(9)28(33(38(52)58-41)59-15-14-47-19-45-29-35(42)43-18-44-36(29)47)22(4)30(49)20(2)17-40(8,53-12)34(23(5)31(50)24(6)37(51)56-27)57-39-32(55-25(7)48)26(46(10)11)16-21(3)54-39/h18-24,26-28,31-34,39,50H,13-17H2,1-12H3,(H2,42,43,44)/t20-,21-,22-,23+,24-,26+,27-,28+,31+,32-,33+,34-,39+,40-,41-/m1/s1. The largest absolute Gasteiger partial charge is 0.458 e. The van der Waals surface area contributed by atoms with Gasteiger partial charge in [-0.3, -0.25) is 19.2 Å². The van der Waals surface area contributed by atoms with Crippen LogP contribution >= 0.6 is 11.8 Å². The molecule has 330 valence electrons. The lowest BCUT2D eigenvalue weighted by Gasteiger charge is -2.48. The number of hydrogen-bond acceptors (Lipinski definition) is 17. The number of fused-ring (bicyclic) bond motifs is 2. The number of hydrogen-bond donors (Lipinski definition) is 2. The lowest BCUT2D eigenvalue weighted by molar-refractivity contribution is -0.303. The van der Waals surface area contributed by atoms with Crippen LogP contribution in [-0.2, 0) is 54.1 Å². The normalized spacial score (nSPS) is 38.7. The third-order valence-electron chi connectivity index (χ3n) is 12.9. The lowest BCUT2D eigenvalue weighted by Crippen LogP contribution is -2.60. The maximum absolute atomic E-state index is 14.8. The molecule has 17 nitrogen and oxygen atoms in total. The first-order valence-corrected chi connectivity index (χ1v) is 21.6. The number of nitrogens with zero attached hydrogens (tertiary/aromatic N) is 5. The van der Waals surface area contributed by atoms with Crippen molar-refractivity contribution in [3.8, 4) is 0 Å². The van der Waals surface area contributed by atoms with Crippen molar-refractivity contribution >= 4 is 52.4 Å². The molecule has 2 aromatic rings. The van der Waals surface area contributed by atoms with Crippen molar-refractivity contribution in [2.75, 3.05) is 32.7 Å². The summed E-state index contributed by atoms with van der Waals surface area (Å²) in [6.45, 7) is 16.0. The molecule has 0 saturated carbocycles. The Bertz CT molecular complexity index is 1830. The third-order valence-corrected chi connectivity index (χ3v) is 14.1. The van der Waals surface area contributed by atoms with E-state index in [1.165, 1.54) is 32.1 Å². The number of nitrogens with two attached hydrogens (primary N) is 1. The molecule has 5 heterocycles. The number of carbonyl (C=O) groups is 4. The van der Waals surface area contributed by atoms with Crippen LogP contribution < -0.4 is 5.73 Å². The van der Waals surface area contributed by atoms with Gasteiger partial charge in [-0.25, -0.2) is 15.0 Å². The predicted molar refractivity (Wildman–Crippen MR) is 219 cm³/mol. The first-order chi connectivity index (χ1) is 27.7. The molecule has 3 N–H and O–H groups in total. The van der Waals surface area contributed by atoms with Crippen molar-refractivity contribution < 1.29 is 52.7 Å². The van der Waals surface area contributed by atoms with Gasteiger partial charge in [-0.2, -0.15) is 0 Å². The zero-order chi connectivity index (χ0) is 43.7. The van der Waals surface area contributed by atoms with Crippen LogP contribution in [0.5, 0.6) is 0 Å². The summed E-state index contributed by atoms with van der Waals surface area (Å²) >= 11 is 1.36. The Balaban J connectivity index is 1.51. The first kappa shape index (κ1) is 46.6. The number of carbonyl (C=O) groups excluding carboxylic acids is 4. The highest BCUT2D eigenvalue weighted by molar-refractivity contribution is 8.00. The van der Waals surface area contributed by atoms with E-state index in [0.29, 0.717) is 29.9 Å². The molecule has 15 atom stereocenters. The Morgan fingerprint density at radius 2 is 1.78 bits per heavy atom. The molecular weight excluding hydrogens is 785 g/mol. The van der Waals surface area contributed by atoms with Gasteiger partial charge in [0.15, 0.2) is 29.5 Å². The van der Waals surface area contributed by atoms with E-state index in [9.17, 15) is 24.3 Å². The molecule has 3 aliphatic rings. The number of aromatic nitrogens is 4. The number of thioether (sulfide) groups is 1. The van der Waals surface area contributed by atoms with Gasteiger partial charge in [0.25, 0.3) is 0 Å². The van der Waals surface area contributed by atoms with Crippen LogP contribution in [-0.4, -0.2) is 139 Å². The molecule has 3 aliphatic heterocycles. The van der Waals surface area contributed by atoms with Crippen LogP contribution in [0.1, 0.15) is 81.6 Å². The second-order valence-corrected chi connectivity index (χ2v) is 18.5. The Morgan fingerprint density at radius 3 is 2.41 bits per heavy atom. The fraction of sp³-hybridized carbons (Fsp3) is 0.780. The second-order valence-electron chi connectivity index (χ2n) is 17.3. The topological polar surface area (TPSA) is 217 Å². The summed E-state index contributed by atoms with van der Waals surface area (Å²) in [7, 11) is 5.29. The van der Waals surface area contributed by atoms with E-state index in [4.69, 9.17) is 34.2 Å². The molecule has 5 rings (SSSR count). The van der Waals surface area contributed by atoms with Crippen LogP contribution in [0, 0.1) is 29.6 Å². The van der Waals surface area contributed by atoms with E-state index in [-0.39, 0.29) is 36.6 Å². The number of cyclic esters (lactones) is 1. The average Bonchev–Trinajstić information content (AvgIpc) is 3.72. The van der Waals surface area contributed by atoms with Gasteiger partial charge >= 0.3 is 17.9 Å². The van der Waals surface area contributed by atoms with E-state index >= 15 is 0 Å². The van der Waals surface area contributed by atoms with E-state index in [1.54, 1.807) is 40.9 Å². The molecule has 0 aromatic carbocycles. The van der Waals surface area contributed by atoms with Crippen LogP contribution in [0.4, 0.5) is 5.82 Å². The summed E-state index contributed by atoms with van der Waals surface area (Å²) in [6.07, 6.45) is -1.50. The lowest BCUT2D eigenvalue weighted by atomic mass is 9.70. The zero-order valence-corrected chi connectivity index (χ0v) is 37.3. The van der Waals surface area contributed by atoms with E-state index < -0.39 is 94.7 Å². The van der Waals surface area contributed by atoms with E-state index in [0.717, 1.165) is 0 Å². The minimum atomic E-state index is -1.38. The SMILES string of the molecule is CC[C@H]1OC(=O)[C@H](C)[C@@H](O)[C@H](C)[C@@H](O[C@@H]2O[C@H](C)C[C@H](N(C)C)[C@H]2OC(C)=O)[C@](C)(OC)C[C@@H](C)C(=O)[C@H](C)[C@H]2[C@H](SCCn3cnc4c(N)ncnc43)C(=O)O[C@@]21C. The molecule has 0 aliphatic carbocycles. The van der Waals surface area contributed by atoms with Crippen LogP contribution in [0.2, 0.25) is 0 Å². The van der Waals surface area contributed by atoms with Crippen molar-refractivity contribution in [2.45, 2.75) is 147 Å². The van der Waals surface area contributed by atoms with Crippen molar-refractivity contribution in [3.05, 3.63) is 12.7 Å². The fourth-order valence-corrected chi connectivity index (χ4v) is 11.0. The second kappa shape index (κ2) is 18.7. The highest BCUT2D eigenvalue weighted by Crippen LogP contribution is 2.49. The average molecular weight is 849 g/mol. The predicted octanol–water partition coefficient (Wildman–Crippen LogP) is 3.43. The summed E-state index contributed by atoms with van der Waals surface area (Å²) in [5.41, 5.74) is 4.40. The highest BCUT2D eigenvalue weighted by Gasteiger charge is 2.61. The molecule has 0 bridgehead atoms. The van der Waals surface area contributed by atoms with Gasteiger partial charge in [0.05, 0.1) is 42.2 Å². The van der Waals surface area contributed by atoms with Crippen LogP contribution in [0.15, 0.2) is 12.7 Å². The molecule has 59 heavy (non-hydrogen) atoms. The van der Waals surface area contributed by atoms with Crippen molar-refractivity contribution in [1.29, 1.82) is 0 Å². The molecular formula is C41H64N6O11S. The minimum Gasteiger partial charge on any atom is -0.458 e. The number of imidazole rings is 1. The smallest absolute Gasteiger partial charge is 0.320 e. The molecule has 3 fully saturated rings. The quantitative estimate of drug-likeness (QED) is 0.259. The maximum atomic E-state index is 14.8. The minimum absolute atomic E-state index is 0.136. The van der Waals surface area contributed by atoms with Gasteiger partial charge in [-0.15, -0.1) is 11.8 Å². The monoisotopic (exact) mass is 848 g/mol. The van der Waals surface area contributed by atoms with Crippen molar-refractivity contribution in [3.63, 3.8) is 0 Å². The van der Waals surface area contributed by atoms with Crippen molar-refractivity contribution in [1.82, 2.24) is 24.4 Å². The van der Waals surface area contributed by atoms with E-state index in [2.05, 4.69) is 15.0 Å². The van der Waals surface area contributed by atoms with Gasteiger partial charge in [-0.05, 0) is 61.1 Å². The molecule has 3 saturated heterocycles. The molecule has 2 aromatic heterocycles. The summed E-state index contributed by atoms with van der Waals surface area (Å²) in [5.74, 6) is -5.14. The van der Waals surface area contributed by atoms with Gasteiger partial charge in [0, 0.05) is 50.0 Å². The molecule has 0 unspecified atom stereocenters. The maximum Gasteiger partial charge on any atom is 0.320 e. The molecule has 18 heteroatoms. The van der Waals surface area contributed by atoms with Gasteiger partial charge in [-0.1, -0.05) is 27.7 Å². The van der Waals surface area contributed by atoms with Crippen LogP contribution in [0.25, 0.3) is 11.2 Å². The number of methoxy groups -OCH3 is 1. The summed E-state index contributed by atoms with van der Waals surface area (Å²) in [6, 6.07) is -0.259. The Morgan fingerprint density at radius 1 is 1.08 bits per heavy atom. The number of anilines is 1. The Hall–Kier alpha value is -3.42. The van der Waals surface area contributed by atoms with E-state index in [1.807, 2.05) is 44.3 Å². The first-order valence-electron chi connectivity index (χ1n) is 20.6. The summed E-state index contributed by atoms with van der Waals surface area (Å²) < 4.78 is 39.5. The summed E-state index contributed by atoms with van der Waals surface area (Å²) in [4.78, 5) is 70.0. The highest BCUT2D eigenvalue weighted by atomic mass is 32.2. The Labute approximate surface area is 351 Å². The van der Waals surface area contributed by atoms with Gasteiger partial charge < -0.3 is 48.7 Å². The number of likely N-dealkylation sites (N-methyl/N-ethyl adjacent to an activating group) is 1. The number of rotatable bonds is 10. The number of aliphatic hydroxyl groups is 1. The molecule has 0 spiro atoms. The summed E-state index contributed by atoms with van der Waals surface area (Å²) in [5, 5.41) is 11.2.